The van der Waals surface area contributed by atoms with Gasteiger partial charge in [-0.2, -0.15) is 0 Å². The topological polar surface area (TPSA) is 108 Å². The van der Waals surface area contributed by atoms with E-state index >= 15 is 0 Å². The van der Waals surface area contributed by atoms with Crippen LogP contribution < -0.4 is 10.6 Å². The molecule has 8 heteroatoms. The molecule has 0 bridgehead atoms. The van der Waals surface area contributed by atoms with E-state index in [1.165, 1.54) is 11.0 Å². The predicted molar refractivity (Wildman–Crippen MR) is 143 cm³/mol. The third kappa shape index (κ3) is 10.5. The molecule has 0 fully saturated rings. The number of hydrogen-bond acceptors (Lipinski definition) is 5. The summed E-state index contributed by atoms with van der Waals surface area (Å²) in [6.45, 7) is 13.9. The minimum Gasteiger partial charge on any atom is -0.508 e. The Morgan fingerprint density at radius 3 is 2.19 bits per heavy atom. The number of rotatable bonds is 14. The lowest BCUT2D eigenvalue weighted by Gasteiger charge is -2.36. The van der Waals surface area contributed by atoms with Crippen molar-refractivity contribution < 1.29 is 24.2 Å². The van der Waals surface area contributed by atoms with Crippen LogP contribution in [-0.4, -0.2) is 52.6 Å². The maximum absolute atomic E-state index is 14.0. The highest BCUT2D eigenvalue weighted by atomic mass is 16.6. The summed E-state index contributed by atoms with van der Waals surface area (Å²) < 4.78 is 5.40. The van der Waals surface area contributed by atoms with E-state index in [4.69, 9.17) is 4.74 Å². The van der Waals surface area contributed by atoms with Gasteiger partial charge in [0.05, 0.1) is 0 Å². The molecule has 0 spiro atoms. The third-order valence-corrected chi connectivity index (χ3v) is 5.76. The van der Waals surface area contributed by atoms with E-state index in [0.29, 0.717) is 25.1 Å². The van der Waals surface area contributed by atoms with E-state index in [9.17, 15) is 19.5 Å². The van der Waals surface area contributed by atoms with Crippen molar-refractivity contribution in [2.75, 3.05) is 13.1 Å². The summed E-state index contributed by atoms with van der Waals surface area (Å²) in [5, 5.41) is 16.3. The molecule has 0 heterocycles. The number of aromatic hydroxyl groups is 1. The van der Waals surface area contributed by atoms with Gasteiger partial charge >= 0.3 is 6.09 Å². The fourth-order valence-electron chi connectivity index (χ4n) is 3.86. The maximum Gasteiger partial charge on any atom is 0.408 e. The fourth-order valence-corrected chi connectivity index (χ4v) is 3.86. The molecule has 204 valence electrons. The van der Waals surface area contributed by atoms with Crippen molar-refractivity contribution in [2.45, 2.75) is 105 Å². The van der Waals surface area contributed by atoms with Crippen LogP contribution in [0.2, 0.25) is 0 Å². The maximum atomic E-state index is 14.0. The fraction of sp³-hybridized carbons (Fsp3) is 0.679. The molecule has 3 amide bonds. The van der Waals surface area contributed by atoms with Crippen molar-refractivity contribution in [3.8, 4) is 5.75 Å². The SMILES string of the molecule is CCCCCCN(C(=O)C(NC(=O)OC(C)(C)C)C(C)C)C(C(=O)NCCCC)c1ccccc1O. The zero-order valence-corrected chi connectivity index (χ0v) is 23.2. The number of ether oxygens (including phenoxy) is 1. The predicted octanol–water partition coefficient (Wildman–Crippen LogP) is 5.31. The van der Waals surface area contributed by atoms with Crippen molar-refractivity contribution >= 4 is 17.9 Å². The van der Waals surface area contributed by atoms with Gasteiger partial charge < -0.3 is 25.4 Å². The minimum atomic E-state index is -1.03. The summed E-state index contributed by atoms with van der Waals surface area (Å²) in [5.41, 5.74) is -0.360. The lowest BCUT2D eigenvalue weighted by Crippen LogP contribution is -2.55. The lowest BCUT2D eigenvalue weighted by molar-refractivity contribution is -0.143. The average Bonchev–Trinajstić information content (AvgIpc) is 2.78. The summed E-state index contributed by atoms with van der Waals surface area (Å²) in [7, 11) is 0. The smallest absolute Gasteiger partial charge is 0.408 e. The number of amides is 3. The molecule has 3 N–H and O–H groups in total. The molecule has 0 aromatic heterocycles. The lowest BCUT2D eigenvalue weighted by atomic mass is 9.97. The second kappa shape index (κ2) is 15.4. The summed E-state index contributed by atoms with van der Waals surface area (Å²) in [6.07, 6.45) is 4.67. The summed E-state index contributed by atoms with van der Waals surface area (Å²) in [6, 6.07) is 4.67. The Morgan fingerprint density at radius 2 is 1.64 bits per heavy atom. The number of carbonyl (C=O) groups is 3. The van der Waals surface area contributed by atoms with Crippen LogP contribution in [-0.2, 0) is 14.3 Å². The molecule has 36 heavy (non-hydrogen) atoms. The summed E-state index contributed by atoms with van der Waals surface area (Å²) >= 11 is 0. The second-order valence-corrected chi connectivity index (χ2v) is 10.6. The third-order valence-electron chi connectivity index (χ3n) is 5.76. The van der Waals surface area contributed by atoms with Crippen LogP contribution in [0.4, 0.5) is 4.79 Å². The van der Waals surface area contributed by atoms with Crippen molar-refractivity contribution in [1.29, 1.82) is 0 Å². The number of phenols is 1. The molecule has 0 saturated carbocycles. The molecule has 1 rings (SSSR count). The molecule has 1 aromatic carbocycles. The number of nitrogens with zero attached hydrogens (tertiary/aromatic N) is 1. The van der Waals surface area contributed by atoms with Crippen LogP contribution in [0, 0.1) is 5.92 Å². The largest absolute Gasteiger partial charge is 0.508 e. The molecule has 2 unspecified atom stereocenters. The normalized spacial score (nSPS) is 13.1. The molecular formula is C28H47N3O5. The highest BCUT2D eigenvalue weighted by molar-refractivity contribution is 5.92. The van der Waals surface area contributed by atoms with Crippen LogP contribution in [0.25, 0.3) is 0 Å². The molecule has 0 aliphatic heterocycles. The molecule has 2 atom stereocenters. The average molecular weight is 506 g/mol. The number of phenolic OH excluding ortho intramolecular Hbond substituents is 1. The number of benzene rings is 1. The molecule has 0 aliphatic rings. The molecule has 0 radical (unpaired) electrons. The van der Waals surface area contributed by atoms with Gasteiger partial charge in [-0.25, -0.2) is 4.79 Å². The van der Waals surface area contributed by atoms with E-state index in [1.54, 1.807) is 39.0 Å². The minimum absolute atomic E-state index is 0.0549. The van der Waals surface area contributed by atoms with Crippen LogP contribution >= 0.6 is 0 Å². The Kier molecular flexibility index (Phi) is 13.3. The molecule has 8 nitrogen and oxygen atoms in total. The Balaban J connectivity index is 3.42. The van der Waals surface area contributed by atoms with Gasteiger partial charge in [0.15, 0.2) is 0 Å². The first-order valence-corrected chi connectivity index (χ1v) is 13.3. The van der Waals surface area contributed by atoms with Gasteiger partial charge in [-0.1, -0.05) is 71.6 Å². The van der Waals surface area contributed by atoms with E-state index in [0.717, 1.165) is 32.1 Å². The van der Waals surface area contributed by atoms with Gasteiger partial charge in [-0.05, 0) is 45.6 Å². The van der Waals surface area contributed by atoms with Crippen LogP contribution in [0.3, 0.4) is 0 Å². The van der Waals surface area contributed by atoms with Crippen LogP contribution in [0.5, 0.6) is 5.75 Å². The van der Waals surface area contributed by atoms with Crippen molar-refractivity contribution in [2.24, 2.45) is 5.92 Å². The van der Waals surface area contributed by atoms with Crippen LogP contribution in [0.1, 0.15) is 98.6 Å². The second-order valence-electron chi connectivity index (χ2n) is 10.6. The Hall–Kier alpha value is -2.77. The highest BCUT2D eigenvalue weighted by Crippen LogP contribution is 2.30. The molecular weight excluding hydrogens is 458 g/mol. The van der Waals surface area contributed by atoms with Gasteiger partial charge in [0, 0.05) is 18.7 Å². The summed E-state index contributed by atoms with van der Waals surface area (Å²) in [4.78, 5) is 41.6. The van der Waals surface area contributed by atoms with Crippen LogP contribution in [0.15, 0.2) is 24.3 Å². The standard InChI is InChI=1S/C28H47N3O5/c1-8-10-12-15-19-31(26(34)23(20(3)4)30-27(35)36-28(5,6)7)24(25(33)29-18-11-9-2)21-16-13-14-17-22(21)32/h13-14,16-17,20,23-24,32H,8-12,15,18-19H2,1-7H3,(H,29,33)(H,30,35). The molecule has 0 saturated heterocycles. The first-order valence-electron chi connectivity index (χ1n) is 13.3. The number of unbranched alkanes of at least 4 members (excludes halogenated alkanes) is 4. The zero-order chi connectivity index (χ0) is 27.3. The summed E-state index contributed by atoms with van der Waals surface area (Å²) in [5.74, 6) is -1.04. The molecule has 0 aliphatic carbocycles. The highest BCUT2D eigenvalue weighted by Gasteiger charge is 2.38. The van der Waals surface area contributed by atoms with Gasteiger partial charge in [0.2, 0.25) is 11.8 Å². The van der Waals surface area contributed by atoms with Gasteiger partial charge in [0.25, 0.3) is 0 Å². The number of carbonyl (C=O) groups excluding carboxylic acids is 3. The van der Waals surface area contributed by atoms with E-state index in [1.807, 2.05) is 20.8 Å². The monoisotopic (exact) mass is 505 g/mol. The number of alkyl carbamates (subject to hydrolysis) is 1. The van der Waals surface area contributed by atoms with Crippen molar-refractivity contribution in [1.82, 2.24) is 15.5 Å². The van der Waals surface area contributed by atoms with E-state index in [-0.39, 0.29) is 23.5 Å². The number of para-hydroxylation sites is 1. The quantitative estimate of drug-likeness (QED) is 0.297. The van der Waals surface area contributed by atoms with Crippen molar-refractivity contribution in [3.05, 3.63) is 29.8 Å². The van der Waals surface area contributed by atoms with Crippen molar-refractivity contribution in [3.63, 3.8) is 0 Å². The molecule has 1 aromatic rings. The first-order chi connectivity index (χ1) is 16.9. The van der Waals surface area contributed by atoms with E-state index < -0.39 is 23.8 Å². The zero-order valence-electron chi connectivity index (χ0n) is 23.2. The van der Waals surface area contributed by atoms with Gasteiger partial charge in [-0.15, -0.1) is 0 Å². The number of hydrogen-bond donors (Lipinski definition) is 3. The Labute approximate surface area is 217 Å². The van der Waals surface area contributed by atoms with Gasteiger partial charge in [-0.3, -0.25) is 9.59 Å². The Bertz CT molecular complexity index is 835. The first kappa shape index (κ1) is 31.3. The Morgan fingerprint density at radius 1 is 1.00 bits per heavy atom. The van der Waals surface area contributed by atoms with E-state index in [2.05, 4.69) is 17.6 Å². The number of nitrogens with one attached hydrogen (secondary N) is 2. The van der Waals surface area contributed by atoms with Gasteiger partial charge in [0.1, 0.15) is 23.4 Å².